The SMILES string of the molecule is CCOc1cccc(OCC)c1NC(=O)CC(=O)Nc1ccc(Cl)cc1Nc1ccccc1OC. The van der Waals surface area contributed by atoms with E-state index < -0.39 is 18.2 Å². The Hall–Kier alpha value is -3.91. The van der Waals surface area contributed by atoms with E-state index >= 15 is 0 Å². The van der Waals surface area contributed by atoms with Crippen molar-refractivity contribution in [3.05, 3.63) is 65.7 Å². The van der Waals surface area contributed by atoms with E-state index in [9.17, 15) is 9.59 Å². The van der Waals surface area contributed by atoms with Crippen LogP contribution in [0.4, 0.5) is 22.7 Å². The van der Waals surface area contributed by atoms with Crippen molar-refractivity contribution in [1.29, 1.82) is 0 Å². The topological polar surface area (TPSA) is 97.9 Å². The number of para-hydroxylation sites is 3. The number of hydrogen-bond acceptors (Lipinski definition) is 6. The van der Waals surface area contributed by atoms with Crippen LogP contribution in [0.1, 0.15) is 20.3 Å². The van der Waals surface area contributed by atoms with Gasteiger partial charge >= 0.3 is 0 Å². The Morgan fingerprint density at radius 3 is 2.06 bits per heavy atom. The molecular weight excluding hydrogens is 470 g/mol. The van der Waals surface area contributed by atoms with Gasteiger partial charge in [0.25, 0.3) is 0 Å². The van der Waals surface area contributed by atoms with E-state index in [4.69, 9.17) is 25.8 Å². The fraction of sp³-hybridized carbons (Fsp3) is 0.231. The Bertz CT molecular complexity index is 1160. The summed E-state index contributed by atoms with van der Waals surface area (Å²) in [5.41, 5.74) is 2.10. The standard InChI is InChI=1S/C26H28ClN3O5/c1-4-34-22-11-8-12-23(35-5-2)26(22)30-25(32)16-24(31)29-18-14-13-17(27)15-20(18)28-19-9-6-7-10-21(19)33-3/h6-15,28H,4-5,16H2,1-3H3,(H,29,31)(H,30,32). The van der Waals surface area contributed by atoms with Crippen LogP contribution in [0, 0.1) is 0 Å². The minimum absolute atomic E-state index is 0.388. The fourth-order valence-electron chi connectivity index (χ4n) is 3.33. The van der Waals surface area contributed by atoms with Crippen molar-refractivity contribution < 1.29 is 23.8 Å². The molecule has 0 fully saturated rings. The van der Waals surface area contributed by atoms with Crippen LogP contribution in [-0.2, 0) is 9.59 Å². The first-order valence-electron chi connectivity index (χ1n) is 11.1. The number of methoxy groups -OCH3 is 1. The summed E-state index contributed by atoms with van der Waals surface area (Å²) in [6.45, 7) is 4.51. The zero-order valence-corrected chi connectivity index (χ0v) is 20.6. The molecule has 0 bridgehead atoms. The summed E-state index contributed by atoms with van der Waals surface area (Å²) in [5, 5.41) is 9.21. The van der Waals surface area contributed by atoms with Gasteiger partial charge in [-0.1, -0.05) is 29.8 Å². The number of hydrogen-bond donors (Lipinski definition) is 3. The van der Waals surface area contributed by atoms with E-state index in [1.54, 1.807) is 43.5 Å². The van der Waals surface area contributed by atoms with Gasteiger partial charge < -0.3 is 30.2 Å². The summed E-state index contributed by atoms with van der Waals surface area (Å²) in [6.07, 6.45) is -0.414. The summed E-state index contributed by atoms with van der Waals surface area (Å²) >= 11 is 6.18. The van der Waals surface area contributed by atoms with Crippen molar-refractivity contribution in [3.63, 3.8) is 0 Å². The molecule has 9 heteroatoms. The van der Waals surface area contributed by atoms with Gasteiger partial charge in [0.2, 0.25) is 11.8 Å². The van der Waals surface area contributed by atoms with Crippen LogP contribution in [0.15, 0.2) is 60.7 Å². The number of amides is 2. The van der Waals surface area contributed by atoms with Crippen LogP contribution in [0.5, 0.6) is 17.2 Å². The third-order valence-electron chi connectivity index (χ3n) is 4.81. The minimum atomic E-state index is -0.510. The highest BCUT2D eigenvalue weighted by Gasteiger charge is 2.17. The number of nitrogens with one attached hydrogen (secondary N) is 3. The minimum Gasteiger partial charge on any atom is -0.495 e. The zero-order valence-electron chi connectivity index (χ0n) is 19.8. The first-order valence-corrected chi connectivity index (χ1v) is 11.5. The smallest absolute Gasteiger partial charge is 0.234 e. The number of halogens is 1. The molecule has 0 atom stereocenters. The summed E-state index contributed by atoms with van der Waals surface area (Å²) in [7, 11) is 1.57. The summed E-state index contributed by atoms with van der Waals surface area (Å²) in [5.74, 6) is 0.548. The third-order valence-corrected chi connectivity index (χ3v) is 5.04. The molecule has 0 radical (unpaired) electrons. The predicted molar refractivity (Wildman–Crippen MR) is 138 cm³/mol. The molecule has 35 heavy (non-hydrogen) atoms. The molecule has 8 nitrogen and oxygen atoms in total. The van der Waals surface area contributed by atoms with E-state index in [1.807, 2.05) is 38.1 Å². The molecule has 0 heterocycles. The van der Waals surface area contributed by atoms with Crippen molar-refractivity contribution in [2.75, 3.05) is 36.3 Å². The molecule has 0 unspecified atom stereocenters. The number of rotatable bonds is 11. The second-order valence-electron chi connectivity index (χ2n) is 7.28. The maximum absolute atomic E-state index is 12.7. The van der Waals surface area contributed by atoms with Gasteiger partial charge in [0.05, 0.1) is 37.4 Å². The van der Waals surface area contributed by atoms with Crippen LogP contribution >= 0.6 is 11.6 Å². The summed E-state index contributed by atoms with van der Waals surface area (Å²) < 4.78 is 16.6. The Balaban J connectivity index is 1.73. The van der Waals surface area contributed by atoms with E-state index in [0.29, 0.717) is 58.2 Å². The molecule has 0 aliphatic heterocycles. The molecule has 3 aromatic rings. The summed E-state index contributed by atoms with van der Waals surface area (Å²) in [4.78, 5) is 25.4. The molecule has 0 spiro atoms. The quantitative estimate of drug-likeness (QED) is 0.287. The first-order chi connectivity index (χ1) is 16.9. The van der Waals surface area contributed by atoms with Crippen molar-refractivity contribution in [2.24, 2.45) is 0 Å². The molecule has 0 aliphatic carbocycles. The Labute approximate surface area is 209 Å². The highest BCUT2D eigenvalue weighted by molar-refractivity contribution is 6.31. The lowest BCUT2D eigenvalue weighted by Crippen LogP contribution is -2.22. The number of anilines is 4. The zero-order chi connectivity index (χ0) is 25.2. The van der Waals surface area contributed by atoms with Crippen LogP contribution in [0.25, 0.3) is 0 Å². The van der Waals surface area contributed by atoms with Gasteiger partial charge in [-0.15, -0.1) is 0 Å². The second kappa shape index (κ2) is 12.5. The average molecular weight is 498 g/mol. The lowest BCUT2D eigenvalue weighted by Gasteiger charge is -2.17. The van der Waals surface area contributed by atoms with Gasteiger partial charge in [-0.3, -0.25) is 9.59 Å². The Kier molecular flexibility index (Phi) is 9.20. The van der Waals surface area contributed by atoms with E-state index in [-0.39, 0.29) is 0 Å². The number of carbonyl (C=O) groups is 2. The maximum Gasteiger partial charge on any atom is 0.234 e. The normalized spacial score (nSPS) is 10.3. The average Bonchev–Trinajstić information content (AvgIpc) is 2.83. The van der Waals surface area contributed by atoms with Gasteiger partial charge in [-0.05, 0) is 56.3 Å². The van der Waals surface area contributed by atoms with Gasteiger partial charge in [-0.25, -0.2) is 0 Å². The molecule has 2 amide bonds. The van der Waals surface area contributed by atoms with Crippen LogP contribution in [0.2, 0.25) is 5.02 Å². The fourth-order valence-corrected chi connectivity index (χ4v) is 3.50. The first kappa shape index (κ1) is 25.7. The third kappa shape index (κ3) is 7.04. The molecule has 0 saturated carbocycles. The largest absolute Gasteiger partial charge is 0.495 e. The van der Waals surface area contributed by atoms with Crippen molar-refractivity contribution in [1.82, 2.24) is 0 Å². The maximum atomic E-state index is 12.7. The second-order valence-corrected chi connectivity index (χ2v) is 7.72. The van der Waals surface area contributed by atoms with Crippen LogP contribution < -0.4 is 30.2 Å². The van der Waals surface area contributed by atoms with Crippen LogP contribution in [0.3, 0.4) is 0 Å². The van der Waals surface area contributed by atoms with Crippen molar-refractivity contribution in [2.45, 2.75) is 20.3 Å². The predicted octanol–water partition coefficient (Wildman–Crippen LogP) is 5.86. The number of benzene rings is 3. The van der Waals surface area contributed by atoms with E-state index in [1.165, 1.54) is 0 Å². The van der Waals surface area contributed by atoms with Crippen molar-refractivity contribution >= 4 is 46.2 Å². The molecule has 3 N–H and O–H groups in total. The van der Waals surface area contributed by atoms with Crippen LogP contribution in [-0.4, -0.2) is 32.1 Å². The highest BCUT2D eigenvalue weighted by Crippen LogP contribution is 2.35. The molecule has 3 aromatic carbocycles. The summed E-state index contributed by atoms with van der Waals surface area (Å²) in [6, 6.07) is 17.6. The highest BCUT2D eigenvalue weighted by atomic mass is 35.5. The lowest BCUT2D eigenvalue weighted by molar-refractivity contribution is -0.123. The molecule has 184 valence electrons. The van der Waals surface area contributed by atoms with Gasteiger partial charge in [0, 0.05) is 5.02 Å². The van der Waals surface area contributed by atoms with Crippen molar-refractivity contribution in [3.8, 4) is 17.2 Å². The van der Waals surface area contributed by atoms with E-state index in [0.717, 1.165) is 0 Å². The Morgan fingerprint density at radius 1 is 0.771 bits per heavy atom. The monoisotopic (exact) mass is 497 g/mol. The molecule has 3 rings (SSSR count). The number of ether oxygens (including phenoxy) is 3. The van der Waals surface area contributed by atoms with E-state index in [2.05, 4.69) is 16.0 Å². The number of carbonyl (C=O) groups excluding carboxylic acids is 2. The molecular formula is C26H28ClN3O5. The van der Waals surface area contributed by atoms with Gasteiger partial charge in [0.15, 0.2) is 0 Å². The molecule has 0 aliphatic rings. The molecule has 0 aromatic heterocycles. The Morgan fingerprint density at radius 2 is 1.40 bits per heavy atom. The van der Waals surface area contributed by atoms with Gasteiger partial charge in [-0.2, -0.15) is 0 Å². The lowest BCUT2D eigenvalue weighted by atomic mass is 10.2. The molecule has 0 saturated heterocycles. The van der Waals surface area contributed by atoms with Gasteiger partial charge in [0.1, 0.15) is 29.4 Å².